The van der Waals surface area contributed by atoms with E-state index in [1.54, 1.807) is 31.2 Å². The second-order valence-corrected chi connectivity index (χ2v) is 9.54. The fourth-order valence-corrected chi connectivity index (χ4v) is 4.44. The SMILES string of the molecule is C[C@@H](Cc1ccc(-c2ccccc2)cc1)SC(=O)[C@@H](C)NC(=O)CCC(=O)c1ccccc1. The number of nitrogens with one attached hydrogen (secondary N) is 1. The molecule has 3 rings (SSSR count). The molecule has 1 N–H and O–H groups in total. The second kappa shape index (κ2) is 12.2. The van der Waals surface area contributed by atoms with Gasteiger partial charge in [-0.3, -0.25) is 14.4 Å². The zero-order chi connectivity index (χ0) is 23.6. The van der Waals surface area contributed by atoms with Crippen molar-refractivity contribution in [1.82, 2.24) is 5.32 Å². The Balaban J connectivity index is 1.42. The normalized spacial score (nSPS) is 12.5. The quantitative estimate of drug-likeness (QED) is 0.394. The number of carbonyl (C=O) groups excluding carboxylic acids is 3. The lowest BCUT2D eigenvalue weighted by molar-refractivity contribution is -0.124. The minimum absolute atomic E-state index is 0.0688. The Morgan fingerprint density at radius 2 is 1.33 bits per heavy atom. The van der Waals surface area contributed by atoms with Crippen LogP contribution in [0.15, 0.2) is 84.9 Å². The van der Waals surface area contributed by atoms with Gasteiger partial charge in [-0.05, 0) is 30.0 Å². The largest absolute Gasteiger partial charge is 0.346 e. The molecule has 0 heterocycles. The topological polar surface area (TPSA) is 63.2 Å². The van der Waals surface area contributed by atoms with Gasteiger partial charge in [-0.1, -0.05) is 104 Å². The Morgan fingerprint density at radius 3 is 1.97 bits per heavy atom. The van der Waals surface area contributed by atoms with E-state index in [0.29, 0.717) is 5.56 Å². The summed E-state index contributed by atoms with van der Waals surface area (Å²) in [5, 5.41) is 2.72. The van der Waals surface area contributed by atoms with E-state index in [0.717, 1.165) is 12.0 Å². The van der Waals surface area contributed by atoms with Gasteiger partial charge < -0.3 is 5.32 Å². The molecule has 170 valence electrons. The summed E-state index contributed by atoms with van der Waals surface area (Å²) in [5.41, 5.74) is 4.10. The predicted molar refractivity (Wildman–Crippen MR) is 135 cm³/mol. The molecule has 0 radical (unpaired) electrons. The molecule has 3 aromatic rings. The molecule has 0 fully saturated rings. The summed E-state index contributed by atoms with van der Waals surface area (Å²) in [6.45, 7) is 3.70. The number of rotatable bonds is 10. The molecule has 33 heavy (non-hydrogen) atoms. The van der Waals surface area contributed by atoms with Crippen LogP contribution in [-0.2, 0) is 16.0 Å². The molecular formula is C28H29NO3S. The average Bonchev–Trinajstić information content (AvgIpc) is 2.84. The molecule has 1 amide bonds. The summed E-state index contributed by atoms with van der Waals surface area (Å²) >= 11 is 1.25. The van der Waals surface area contributed by atoms with E-state index in [9.17, 15) is 14.4 Å². The number of hydrogen-bond donors (Lipinski definition) is 1. The summed E-state index contributed by atoms with van der Waals surface area (Å²) < 4.78 is 0. The van der Waals surface area contributed by atoms with Crippen LogP contribution in [0, 0.1) is 0 Å². The smallest absolute Gasteiger partial charge is 0.221 e. The van der Waals surface area contributed by atoms with Crippen LogP contribution in [0.4, 0.5) is 0 Å². The summed E-state index contributed by atoms with van der Waals surface area (Å²) in [5.74, 6) is -0.365. The lowest BCUT2D eigenvalue weighted by Crippen LogP contribution is -2.38. The lowest BCUT2D eigenvalue weighted by atomic mass is 10.0. The van der Waals surface area contributed by atoms with Gasteiger partial charge in [-0.15, -0.1) is 0 Å². The van der Waals surface area contributed by atoms with Crippen LogP contribution in [0.2, 0.25) is 0 Å². The maximum absolute atomic E-state index is 12.6. The van der Waals surface area contributed by atoms with E-state index in [1.807, 2.05) is 31.2 Å². The zero-order valence-electron chi connectivity index (χ0n) is 19.0. The van der Waals surface area contributed by atoms with Gasteiger partial charge in [-0.2, -0.15) is 0 Å². The molecule has 0 aliphatic heterocycles. The zero-order valence-corrected chi connectivity index (χ0v) is 19.8. The summed E-state index contributed by atoms with van der Waals surface area (Å²) in [7, 11) is 0. The molecule has 2 atom stereocenters. The molecule has 0 saturated heterocycles. The molecule has 0 aliphatic rings. The highest BCUT2D eigenvalue weighted by Crippen LogP contribution is 2.22. The van der Waals surface area contributed by atoms with Crippen molar-refractivity contribution in [3.8, 4) is 11.1 Å². The van der Waals surface area contributed by atoms with E-state index < -0.39 is 6.04 Å². The molecule has 0 bridgehead atoms. The molecule has 4 nitrogen and oxygen atoms in total. The van der Waals surface area contributed by atoms with E-state index in [4.69, 9.17) is 0 Å². The number of amides is 1. The van der Waals surface area contributed by atoms with Crippen LogP contribution in [0.5, 0.6) is 0 Å². The number of ketones is 1. The maximum Gasteiger partial charge on any atom is 0.221 e. The average molecular weight is 460 g/mol. The monoisotopic (exact) mass is 459 g/mol. The first-order chi connectivity index (χ1) is 15.9. The van der Waals surface area contributed by atoms with Gasteiger partial charge in [0.25, 0.3) is 0 Å². The number of benzene rings is 3. The third-order valence-electron chi connectivity index (χ3n) is 5.31. The van der Waals surface area contributed by atoms with E-state index >= 15 is 0 Å². The fourth-order valence-electron chi connectivity index (χ4n) is 3.51. The molecule has 0 saturated carbocycles. The summed E-state index contributed by atoms with van der Waals surface area (Å²) in [4.78, 5) is 36.9. The highest BCUT2D eigenvalue weighted by molar-refractivity contribution is 8.14. The highest BCUT2D eigenvalue weighted by atomic mass is 32.2. The van der Waals surface area contributed by atoms with Gasteiger partial charge in [0.05, 0.1) is 6.04 Å². The van der Waals surface area contributed by atoms with Gasteiger partial charge in [0.2, 0.25) is 11.0 Å². The maximum atomic E-state index is 12.6. The molecule has 0 aromatic heterocycles. The molecule has 3 aromatic carbocycles. The van der Waals surface area contributed by atoms with Crippen molar-refractivity contribution in [1.29, 1.82) is 0 Å². The molecular weight excluding hydrogens is 430 g/mol. The third-order valence-corrected chi connectivity index (χ3v) is 6.46. The van der Waals surface area contributed by atoms with Crippen molar-refractivity contribution in [2.24, 2.45) is 0 Å². The van der Waals surface area contributed by atoms with Crippen molar-refractivity contribution in [3.63, 3.8) is 0 Å². The van der Waals surface area contributed by atoms with Crippen LogP contribution in [-0.4, -0.2) is 28.1 Å². The lowest BCUT2D eigenvalue weighted by Gasteiger charge is -2.16. The standard InChI is InChI=1S/C28H29NO3S/c1-20(19-22-13-15-24(16-14-22)23-9-5-3-6-10-23)33-28(32)21(2)29-27(31)18-17-26(30)25-11-7-4-8-12-25/h3-16,20-21H,17-19H2,1-2H3,(H,29,31)/t20-,21+/m0/s1. The summed E-state index contributed by atoms with van der Waals surface area (Å²) in [6.07, 6.45) is 0.955. The number of carbonyl (C=O) groups is 3. The van der Waals surface area contributed by atoms with Crippen LogP contribution in [0.25, 0.3) is 11.1 Å². The highest BCUT2D eigenvalue weighted by Gasteiger charge is 2.20. The van der Waals surface area contributed by atoms with E-state index in [1.165, 1.54) is 22.9 Å². The Labute approximate surface area is 199 Å². The van der Waals surface area contributed by atoms with Crippen LogP contribution >= 0.6 is 11.8 Å². The van der Waals surface area contributed by atoms with Crippen molar-refractivity contribution >= 4 is 28.6 Å². The molecule has 5 heteroatoms. The number of hydrogen-bond acceptors (Lipinski definition) is 4. The number of Topliss-reactive ketones (excluding diaryl/α,β-unsaturated/α-hetero) is 1. The van der Waals surface area contributed by atoms with Crippen LogP contribution in [0.1, 0.15) is 42.6 Å². The molecule has 0 unspecified atom stereocenters. The van der Waals surface area contributed by atoms with Gasteiger partial charge in [0.1, 0.15) is 0 Å². The van der Waals surface area contributed by atoms with Gasteiger partial charge in [0, 0.05) is 23.7 Å². The first-order valence-corrected chi connectivity index (χ1v) is 12.0. The Bertz CT molecular complexity index is 1070. The van der Waals surface area contributed by atoms with Crippen molar-refractivity contribution in [3.05, 3.63) is 96.1 Å². The third kappa shape index (κ3) is 7.72. The Hall–Kier alpha value is -3.18. The van der Waals surface area contributed by atoms with Crippen molar-refractivity contribution in [2.45, 2.75) is 44.4 Å². The fraction of sp³-hybridized carbons (Fsp3) is 0.250. The second-order valence-electron chi connectivity index (χ2n) is 8.09. The molecule has 0 aliphatic carbocycles. The summed E-state index contributed by atoms with van der Waals surface area (Å²) in [6, 6.07) is 26.9. The van der Waals surface area contributed by atoms with E-state index in [-0.39, 0.29) is 34.9 Å². The molecule has 0 spiro atoms. The number of thioether (sulfide) groups is 1. The van der Waals surface area contributed by atoms with Crippen molar-refractivity contribution in [2.75, 3.05) is 0 Å². The van der Waals surface area contributed by atoms with Crippen LogP contribution < -0.4 is 5.32 Å². The van der Waals surface area contributed by atoms with Gasteiger partial charge in [0.15, 0.2) is 5.78 Å². The first kappa shape index (κ1) is 24.5. The van der Waals surface area contributed by atoms with E-state index in [2.05, 4.69) is 41.7 Å². The minimum atomic E-state index is -0.600. The minimum Gasteiger partial charge on any atom is -0.346 e. The Morgan fingerprint density at radius 1 is 0.758 bits per heavy atom. The predicted octanol–water partition coefficient (Wildman–Crippen LogP) is 5.71. The van der Waals surface area contributed by atoms with Gasteiger partial charge >= 0.3 is 0 Å². The van der Waals surface area contributed by atoms with Crippen molar-refractivity contribution < 1.29 is 14.4 Å². The van der Waals surface area contributed by atoms with Gasteiger partial charge in [-0.25, -0.2) is 0 Å². The Kier molecular flexibility index (Phi) is 9.02. The van der Waals surface area contributed by atoms with Crippen LogP contribution in [0.3, 0.4) is 0 Å². The first-order valence-electron chi connectivity index (χ1n) is 11.1.